The lowest BCUT2D eigenvalue weighted by atomic mass is 9.90. The average Bonchev–Trinajstić information content (AvgIpc) is 2.53. The van der Waals surface area contributed by atoms with Crippen molar-refractivity contribution in [1.29, 1.82) is 0 Å². The molecule has 0 spiro atoms. The zero-order valence-electron chi connectivity index (χ0n) is 12.8. The van der Waals surface area contributed by atoms with Crippen molar-refractivity contribution in [2.45, 2.75) is 25.6 Å². The predicted molar refractivity (Wildman–Crippen MR) is 82.7 cm³/mol. The number of ketones is 1. The van der Waals surface area contributed by atoms with Crippen molar-refractivity contribution in [1.82, 2.24) is 0 Å². The SMILES string of the molecule is CC(=O)N1c2ccccc2C(=O)C[C@@H]1c1ccc(C(F)(F)F)cc1. The molecule has 0 saturated heterocycles. The number of carbonyl (C=O) groups is 2. The molecule has 24 heavy (non-hydrogen) atoms. The molecule has 0 aliphatic carbocycles. The Kier molecular flexibility index (Phi) is 3.91. The summed E-state index contributed by atoms with van der Waals surface area (Å²) in [5.41, 5.74) is 0.686. The second-order valence-corrected chi connectivity index (χ2v) is 5.67. The van der Waals surface area contributed by atoms with Gasteiger partial charge in [0.1, 0.15) is 0 Å². The summed E-state index contributed by atoms with van der Waals surface area (Å²) in [6.07, 6.45) is -4.38. The fourth-order valence-corrected chi connectivity index (χ4v) is 3.01. The Morgan fingerprint density at radius 2 is 1.71 bits per heavy atom. The summed E-state index contributed by atoms with van der Waals surface area (Å²) in [5.74, 6) is -0.396. The number of halogens is 3. The molecule has 0 fully saturated rings. The highest BCUT2D eigenvalue weighted by Crippen LogP contribution is 2.39. The van der Waals surface area contributed by atoms with E-state index >= 15 is 0 Å². The molecule has 1 atom stereocenters. The van der Waals surface area contributed by atoms with Crippen LogP contribution in [-0.4, -0.2) is 11.7 Å². The lowest BCUT2D eigenvalue weighted by Crippen LogP contribution is -2.38. The fourth-order valence-electron chi connectivity index (χ4n) is 3.01. The van der Waals surface area contributed by atoms with E-state index in [1.165, 1.54) is 24.0 Å². The van der Waals surface area contributed by atoms with Gasteiger partial charge in [0.25, 0.3) is 0 Å². The molecule has 0 N–H and O–H groups in total. The van der Waals surface area contributed by atoms with Gasteiger partial charge in [0, 0.05) is 18.9 Å². The van der Waals surface area contributed by atoms with Gasteiger partial charge < -0.3 is 4.90 Å². The number of anilines is 1. The number of fused-ring (bicyclic) bond motifs is 1. The van der Waals surface area contributed by atoms with Crippen molar-refractivity contribution in [3.05, 3.63) is 65.2 Å². The summed E-state index contributed by atoms with van der Waals surface area (Å²) in [5, 5.41) is 0. The smallest absolute Gasteiger partial charge is 0.304 e. The van der Waals surface area contributed by atoms with Crippen LogP contribution in [0, 0.1) is 0 Å². The van der Waals surface area contributed by atoms with Crippen molar-refractivity contribution in [3.63, 3.8) is 0 Å². The molecular weight excluding hydrogens is 319 g/mol. The number of rotatable bonds is 1. The molecule has 124 valence electrons. The summed E-state index contributed by atoms with van der Waals surface area (Å²) in [4.78, 5) is 25.9. The molecule has 0 unspecified atom stereocenters. The van der Waals surface area contributed by atoms with Crippen molar-refractivity contribution < 1.29 is 22.8 Å². The fraction of sp³-hybridized carbons (Fsp3) is 0.222. The van der Waals surface area contributed by atoms with Gasteiger partial charge in [0.2, 0.25) is 5.91 Å². The van der Waals surface area contributed by atoms with E-state index in [-0.39, 0.29) is 18.1 Å². The van der Waals surface area contributed by atoms with Crippen molar-refractivity contribution in [3.8, 4) is 0 Å². The minimum absolute atomic E-state index is 0.0436. The van der Waals surface area contributed by atoms with Crippen LogP contribution in [0.4, 0.5) is 18.9 Å². The Balaban J connectivity index is 2.04. The average molecular weight is 333 g/mol. The summed E-state index contributed by atoms with van der Waals surface area (Å²) in [6.45, 7) is 1.38. The number of Topliss-reactive ketones (excluding diaryl/α,β-unsaturated/α-hetero) is 1. The van der Waals surface area contributed by atoms with E-state index in [1.54, 1.807) is 24.3 Å². The third-order valence-electron chi connectivity index (χ3n) is 4.12. The number of alkyl halides is 3. The second kappa shape index (κ2) is 5.78. The van der Waals surface area contributed by atoms with Crippen molar-refractivity contribution >= 4 is 17.4 Å². The topological polar surface area (TPSA) is 37.4 Å². The van der Waals surface area contributed by atoms with E-state index in [9.17, 15) is 22.8 Å². The number of benzene rings is 2. The van der Waals surface area contributed by atoms with Crippen LogP contribution in [-0.2, 0) is 11.0 Å². The Morgan fingerprint density at radius 3 is 2.29 bits per heavy atom. The minimum Gasteiger partial charge on any atom is -0.304 e. The number of nitrogens with zero attached hydrogens (tertiary/aromatic N) is 1. The monoisotopic (exact) mass is 333 g/mol. The van der Waals surface area contributed by atoms with Gasteiger partial charge in [-0.1, -0.05) is 24.3 Å². The normalized spacial score (nSPS) is 17.6. The van der Waals surface area contributed by atoms with Crippen molar-refractivity contribution in [2.24, 2.45) is 0 Å². The molecule has 3 rings (SSSR count). The first-order valence-electron chi connectivity index (χ1n) is 7.38. The highest BCUT2D eigenvalue weighted by Gasteiger charge is 2.35. The minimum atomic E-state index is -4.42. The van der Waals surface area contributed by atoms with Crippen LogP contribution in [0.5, 0.6) is 0 Å². The van der Waals surface area contributed by atoms with Gasteiger partial charge in [-0.05, 0) is 29.8 Å². The number of para-hydroxylation sites is 1. The summed E-state index contributed by atoms with van der Waals surface area (Å²) >= 11 is 0. The molecule has 1 heterocycles. The summed E-state index contributed by atoms with van der Waals surface area (Å²) in [6, 6.07) is 10.7. The number of hydrogen-bond acceptors (Lipinski definition) is 2. The van der Waals surface area contributed by atoms with Gasteiger partial charge >= 0.3 is 6.18 Å². The second-order valence-electron chi connectivity index (χ2n) is 5.67. The number of carbonyl (C=O) groups excluding carboxylic acids is 2. The Hall–Kier alpha value is -2.63. The molecule has 6 heteroatoms. The third kappa shape index (κ3) is 2.79. The van der Waals surface area contributed by atoms with Gasteiger partial charge in [-0.3, -0.25) is 9.59 Å². The standard InChI is InChI=1S/C18H14F3NO2/c1-11(23)22-15-5-3-2-4-14(15)17(24)10-16(22)12-6-8-13(9-7-12)18(19,20)21/h2-9,16H,10H2,1H3/t16-/m1/s1. The van der Waals surface area contributed by atoms with E-state index in [1.807, 2.05) is 0 Å². The number of amides is 1. The van der Waals surface area contributed by atoms with Crippen LogP contribution in [0.1, 0.15) is 40.9 Å². The lowest BCUT2D eigenvalue weighted by molar-refractivity contribution is -0.137. The molecular formula is C18H14F3NO2. The summed E-state index contributed by atoms with van der Waals surface area (Å²) < 4.78 is 38.1. The van der Waals surface area contributed by atoms with Crippen LogP contribution in [0.3, 0.4) is 0 Å². The first-order valence-corrected chi connectivity index (χ1v) is 7.38. The van der Waals surface area contributed by atoms with Gasteiger partial charge in [-0.25, -0.2) is 0 Å². The van der Waals surface area contributed by atoms with E-state index in [2.05, 4.69) is 0 Å². The molecule has 0 saturated carbocycles. The molecule has 0 bridgehead atoms. The highest BCUT2D eigenvalue weighted by molar-refractivity contribution is 6.09. The maximum Gasteiger partial charge on any atom is 0.416 e. The molecule has 1 aliphatic heterocycles. The lowest BCUT2D eigenvalue weighted by Gasteiger charge is -2.36. The first kappa shape index (κ1) is 16.2. The van der Waals surface area contributed by atoms with Gasteiger partial charge in [-0.2, -0.15) is 13.2 Å². The van der Waals surface area contributed by atoms with E-state index in [0.717, 1.165) is 12.1 Å². The maximum absolute atomic E-state index is 12.7. The van der Waals surface area contributed by atoms with Gasteiger partial charge in [0.15, 0.2) is 5.78 Å². The zero-order chi connectivity index (χ0) is 17.5. The Bertz CT molecular complexity index is 797. The zero-order valence-corrected chi connectivity index (χ0v) is 12.8. The first-order chi connectivity index (χ1) is 11.3. The van der Waals surface area contributed by atoms with Crippen LogP contribution in [0.25, 0.3) is 0 Å². The van der Waals surface area contributed by atoms with Crippen molar-refractivity contribution in [2.75, 3.05) is 4.90 Å². The molecule has 2 aromatic rings. The molecule has 3 nitrogen and oxygen atoms in total. The van der Waals surface area contributed by atoms with Crippen LogP contribution in [0.2, 0.25) is 0 Å². The molecule has 0 aromatic heterocycles. The molecule has 1 amide bonds. The Morgan fingerprint density at radius 1 is 1.08 bits per heavy atom. The quantitative estimate of drug-likeness (QED) is 0.776. The van der Waals surface area contributed by atoms with Crippen LogP contribution < -0.4 is 4.90 Å². The molecule has 1 aliphatic rings. The van der Waals surface area contributed by atoms with E-state index in [0.29, 0.717) is 16.8 Å². The van der Waals surface area contributed by atoms with Crippen LogP contribution in [0.15, 0.2) is 48.5 Å². The highest BCUT2D eigenvalue weighted by atomic mass is 19.4. The largest absolute Gasteiger partial charge is 0.416 e. The van der Waals surface area contributed by atoms with Gasteiger partial charge in [0.05, 0.1) is 17.3 Å². The third-order valence-corrected chi connectivity index (χ3v) is 4.12. The number of hydrogen-bond donors (Lipinski definition) is 0. The summed E-state index contributed by atoms with van der Waals surface area (Å²) in [7, 11) is 0. The van der Waals surface area contributed by atoms with Crippen LogP contribution >= 0.6 is 0 Å². The molecule has 0 radical (unpaired) electrons. The predicted octanol–water partition coefficient (Wildman–Crippen LogP) is 4.39. The Labute approximate surface area is 136 Å². The maximum atomic E-state index is 12.7. The van der Waals surface area contributed by atoms with Gasteiger partial charge in [-0.15, -0.1) is 0 Å². The van der Waals surface area contributed by atoms with E-state index < -0.39 is 17.8 Å². The van der Waals surface area contributed by atoms with E-state index in [4.69, 9.17) is 0 Å². The molecule has 2 aromatic carbocycles.